The molecule has 0 amide bonds. The highest BCUT2D eigenvalue weighted by atomic mass is 16.5. The lowest BCUT2D eigenvalue weighted by atomic mass is 10.3. The average molecular weight is 225 g/mol. The van der Waals surface area contributed by atoms with Crippen molar-refractivity contribution in [3.63, 3.8) is 0 Å². The van der Waals surface area contributed by atoms with Crippen LogP contribution in [-0.4, -0.2) is 24.8 Å². The Morgan fingerprint density at radius 3 is 2.38 bits per heavy atom. The Morgan fingerprint density at radius 1 is 1.00 bits per heavy atom. The molecule has 1 aromatic rings. The molecular formula is C12H19NO3. The van der Waals surface area contributed by atoms with Gasteiger partial charge in [0.15, 0.2) is 0 Å². The van der Waals surface area contributed by atoms with E-state index in [2.05, 4.69) is 4.98 Å². The molecule has 1 aromatic heterocycles. The predicted octanol–water partition coefficient (Wildman–Crippen LogP) is 2.42. The van der Waals surface area contributed by atoms with Gasteiger partial charge in [-0.1, -0.05) is 0 Å². The van der Waals surface area contributed by atoms with Crippen LogP contribution in [0.1, 0.15) is 26.3 Å². The fraction of sp³-hybridized carbons (Fsp3) is 0.583. The first-order valence-electron chi connectivity index (χ1n) is 5.65. The summed E-state index contributed by atoms with van der Waals surface area (Å²) in [5.74, 6) is 1.19. The summed E-state index contributed by atoms with van der Waals surface area (Å²) in [6, 6.07) is 3.76. The monoisotopic (exact) mass is 225 g/mol. The molecule has 1 rings (SSSR count). The standard InChI is InChI=1S/C12H19NO3/c1-4-14-9-10-7-8-11(15-5-2)13-12(10)16-6-3/h7-8H,4-6,9H2,1-3H3. The van der Waals surface area contributed by atoms with Crippen molar-refractivity contribution in [1.29, 1.82) is 0 Å². The largest absolute Gasteiger partial charge is 0.478 e. The Morgan fingerprint density at radius 2 is 1.75 bits per heavy atom. The highest BCUT2D eigenvalue weighted by molar-refractivity contribution is 5.30. The van der Waals surface area contributed by atoms with E-state index in [1.165, 1.54) is 0 Å². The van der Waals surface area contributed by atoms with Gasteiger partial charge in [-0.3, -0.25) is 0 Å². The molecule has 0 aliphatic heterocycles. The summed E-state index contributed by atoms with van der Waals surface area (Å²) in [6.45, 7) is 8.20. The topological polar surface area (TPSA) is 40.6 Å². The van der Waals surface area contributed by atoms with E-state index in [-0.39, 0.29) is 0 Å². The molecule has 0 spiro atoms. The van der Waals surface area contributed by atoms with E-state index in [9.17, 15) is 0 Å². The molecular weight excluding hydrogens is 206 g/mol. The van der Waals surface area contributed by atoms with Crippen LogP contribution in [0.2, 0.25) is 0 Å². The zero-order valence-electron chi connectivity index (χ0n) is 10.2. The molecule has 0 N–H and O–H groups in total. The Hall–Kier alpha value is -1.29. The minimum Gasteiger partial charge on any atom is -0.478 e. The quantitative estimate of drug-likeness (QED) is 0.714. The number of aromatic nitrogens is 1. The van der Waals surface area contributed by atoms with Crippen molar-refractivity contribution in [2.45, 2.75) is 27.4 Å². The zero-order chi connectivity index (χ0) is 11.8. The molecule has 0 saturated heterocycles. The number of ether oxygens (including phenoxy) is 3. The van der Waals surface area contributed by atoms with Crippen LogP contribution in [0.15, 0.2) is 12.1 Å². The third-order valence-electron chi connectivity index (χ3n) is 1.95. The number of hydrogen-bond donors (Lipinski definition) is 0. The summed E-state index contributed by atoms with van der Waals surface area (Å²) in [5.41, 5.74) is 0.951. The van der Waals surface area contributed by atoms with Crippen LogP contribution in [0, 0.1) is 0 Å². The summed E-state index contributed by atoms with van der Waals surface area (Å²) in [5, 5.41) is 0. The van der Waals surface area contributed by atoms with E-state index in [0.29, 0.717) is 38.2 Å². The van der Waals surface area contributed by atoms with Gasteiger partial charge >= 0.3 is 0 Å². The Balaban J connectivity index is 2.80. The van der Waals surface area contributed by atoms with E-state index in [4.69, 9.17) is 14.2 Å². The summed E-state index contributed by atoms with van der Waals surface area (Å²) < 4.78 is 16.1. The van der Waals surface area contributed by atoms with Gasteiger partial charge in [0.1, 0.15) is 0 Å². The molecule has 0 atom stereocenters. The second-order valence-corrected chi connectivity index (χ2v) is 3.12. The van der Waals surface area contributed by atoms with Gasteiger partial charge in [0, 0.05) is 18.2 Å². The summed E-state index contributed by atoms with van der Waals surface area (Å²) >= 11 is 0. The lowest BCUT2D eigenvalue weighted by molar-refractivity contribution is 0.130. The predicted molar refractivity (Wildman–Crippen MR) is 61.9 cm³/mol. The fourth-order valence-corrected chi connectivity index (χ4v) is 1.26. The van der Waals surface area contributed by atoms with Crippen LogP contribution >= 0.6 is 0 Å². The Kier molecular flexibility index (Phi) is 5.64. The molecule has 0 fully saturated rings. The van der Waals surface area contributed by atoms with E-state index in [0.717, 1.165) is 5.56 Å². The van der Waals surface area contributed by atoms with Gasteiger partial charge in [-0.05, 0) is 26.8 Å². The first kappa shape index (κ1) is 12.8. The molecule has 1 heterocycles. The van der Waals surface area contributed by atoms with Crippen LogP contribution in [0.25, 0.3) is 0 Å². The van der Waals surface area contributed by atoms with E-state index >= 15 is 0 Å². The van der Waals surface area contributed by atoms with Gasteiger partial charge in [-0.15, -0.1) is 0 Å². The molecule has 0 unspecified atom stereocenters. The van der Waals surface area contributed by atoms with Gasteiger partial charge in [0.25, 0.3) is 0 Å². The third kappa shape index (κ3) is 3.70. The highest BCUT2D eigenvalue weighted by Gasteiger charge is 2.07. The number of rotatable bonds is 7. The summed E-state index contributed by atoms with van der Waals surface area (Å²) in [6.07, 6.45) is 0. The number of hydrogen-bond acceptors (Lipinski definition) is 4. The van der Waals surface area contributed by atoms with Gasteiger partial charge in [-0.2, -0.15) is 4.98 Å². The maximum atomic E-state index is 5.45. The van der Waals surface area contributed by atoms with E-state index < -0.39 is 0 Å². The molecule has 0 aliphatic rings. The third-order valence-corrected chi connectivity index (χ3v) is 1.95. The smallest absolute Gasteiger partial charge is 0.222 e. The van der Waals surface area contributed by atoms with E-state index in [1.54, 1.807) is 0 Å². The van der Waals surface area contributed by atoms with Crippen LogP contribution in [0.4, 0.5) is 0 Å². The first-order chi connectivity index (χ1) is 7.81. The highest BCUT2D eigenvalue weighted by Crippen LogP contribution is 2.21. The van der Waals surface area contributed by atoms with Crippen molar-refractivity contribution < 1.29 is 14.2 Å². The molecule has 90 valence electrons. The number of pyridine rings is 1. The lowest BCUT2D eigenvalue weighted by Gasteiger charge is -2.10. The van der Waals surface area contributed by atoms with Crippen LogP contribution in [0.3, 0.4) is 0 Å². The molecule has 0 saturated carbocycles. The first-order valence-corrected chi connectivity index (χ1v) is 5.65. The number of nitrogens with zero attached hydrogens (tertiary/aromatic N) is 1. The van der Waals surface area contributed by atoms with Crippen LogP contribution in [0.5, 0.6) is 11.8 Å². The minimum absolute atomic E-state index is 0.519. The second-order valence-electron chi connectivity index (χ2n) is 3.12. The summed E-state index contributed by atoms with van der Waals surface area (Å²) in [4.78, 5) is 4.28. The molecule has 0 aliphatic carbocycles. The average Bonchev–Trinajstić information content (AvgIpc) is 2.29. The molecule has 4 nitrogen and oxygen atoms in total. The zero-order valence-corrected chi connectivity index (χ0v) is 10.2. The maximum Gasteiger partial charge on any atom is 0.222 e. The molecule has 16 heavy (non-hydrogen) atoms. The SMILES string of the molecule is CCOCc1ccc(OCC)nc1OCC. The van der Waals surface area contributed by atoms with Gasteiger partial charge in [0.2, 0.25) is 11.8 Å². The molecule has 0 radical (unpaired) electrons. The van der Waals surface area contributed by atoms with Crippen molar-refractivity contribution in [2.75, 3.05) is 19.8 Å². The van der Waals surface area contributed by atoms with Crippen molar-refractivity contribution in [2.24, 2.45) is 0 Å². The molecule has 0 bridgehead atoms. The van der Waals surface area contributed by atoms with E-state index in [1.807, 2.05) is 32.9 Å². The summed E-state index contributed by atoms with van der Waals surface area (Å²) in [7, 11) is 0. The minimum atomic E-state index is 0.519. The van der Waals surface area contributed by atoms with Crippen molar-refractivity contribution in [3.05, 3.63) is 17.7 Å². The van der Waals surface area contributed by atoms with Crippen molar-refractivity contribution in [3.8, 4) is 11.8 Å². The van der Waals surface area contributed by atoms with Crippen LogP contribution in [-0.2, 0) is 11.3 Å². The van der Waals surface area contributed by atoms with Crippen LogP contribution < -0.4 is 9.47 Å². The molecule has 4 heteroatoms. The van der Waals surface area contributed by atoms with Crippen molar-refractivity contribution in [1.82, 2.24) is 4.98 Å². The van der Waals surface area contributed by atoms with Gasteiger partial charge < -0.3 is 14.2 Å². The fourth-order valence-electron chi connectivity index (χ4n) is 1.26. The molecule has 0 aromatic carbocycles. The van der Waals surface area contributed by atoms with Crippen molar-refractivity contribution >= 4 is 0 Å². The second kappa shape index (κ2) is 7.06. The maximum absolute atomic E-state index is 5.45. The Labute approximate surface area is 96.5 Å². The van der Waals surface area contributed by atoms with Gasteiger partial charge in [0.05, 0.1) is 19.8 Å². The lowest BCUT2D eigenvalue weighted by Crippen LogP contribution is -2.03. The normalized spacial score (nSPS) is 10.2. The Bertz CT molecular complexity index is 315. The van der Waals surface area contributed by atoms with Gasteiger partial charge in [-0.25, -0.2) is 0 Å².